The topological polar surface area (TPSA) is 108 Å². The maximum atomic E-state index is 9.80. The molecule has 5 rings (SSSR count). The van der Waals surface area contributed by atoms with Crippen LogP contribution in [0.3, 0.4) is 0 Å². The van der Waals surface area contributed by atoms with Crippen molar-refractivity contribution in [1.82, 2.24) is 24.8 Å². The van der Waals surface area contributed by atoms with Crippen molar-refractivity contribution in [2.75, 3.05) is 0 Å². The Morgan fingerprint density at radius 1 is 1.29 bits per heavy atom. The van der Waals surface area contributed by atoms with E-state index in [4.69, 9.17) is 15.6 Å². The minimum atomic E-state index is -0.291. The van der Waals surface area contributed by atoms with Crippen LogP contribution in [0.15, 0.2) is 48.1 Å². The van der Waals surface area contributed by atoms with Gasteiger partial charge >= 0.3 is 0 Å². The lowest BCUT2D eigenvalue weighted by Gasteiger charge is -2.25. The molecule has 1 aliphatic heterocycles. The highest BCUT2D eigenvalue weighted by molar-refractivity contribution is 5.56. The number of nitrogens with two attached hydrogens (primary N) is 1. The largest absolute Gasteiger partial charge is 0.422 e. The van der Waals surface area contributed by atoms with Crippen molar-refractivity contribution in [2.45, 2.75) is 38.1 Å². The van der Waals surface area contributed by atoms with E-state index >= 15 is 0 Å². The molecule has 8 nitrogen and oxygen atoms in total. The number of benzene rings is 1. The summed E-state index contributed by atoms with van der Waals surface area (Å²) in [5.41, 5.74) is 10.3. The minimum Gasteiger partial charge on any atom is -0.422 e. The molecule has 1 unspecified atom stereocenters. The first-order valence-electron chi connectivity index (χ1n) is 9.36. The van der Waals surface area contributed by atoms with Gasteiger partial charge in [0, 0.05) is 0 Å². The maximum absolute atomic E-state index is 9.80. The molecule has 2 N–H and O–H groups in total. The molecule has 140 valence electrons. The molecule has 28 heavy (non-hydrogen) atoms. The van der Waals surface area contributed by atoms with Crippen LogP contribution in [0.4, 0.5) is 0 Å². The average molecular weight is 373 g/mol. The second-order valence-electron chi connectivity index (χ2n) is 7.06. The Morgan fingerprint density at radius 2 is 2.07 bits per heavy atom. The van der Waals surface area contributed by atoms with Crippen LogP contribution in [0.2, 0.25) is 0 Å². The number of nitriles is 1. The highest BCUT2D eigenvalue weighted by atomic mass is 16.5. The molecule has 0 amide bonds. The van der Waals surface area contributed by atoms with E-state index in [-0.39, 0.29) is 11.8 Å². The van der Waals surface area contributed by atoms with Crippen LogP contribution in [0, 0.1) is 11.3 Å². The highest BCUT2D eigenvalue weighted by Crippen LogP contribution is 2.48. The Balaban J connectivity index is 1.65. The zero-order valence-electron chi connectivity index (χ0n) is 15.4. The van der Waals surface area contributed by atoms with Crippen molar-refractivity contribution >= 4 is 0 Å². The number of fused-ring (bicyclic) bond motifs is 1. The average Bonchev–Trinajstić information content (AvgIpc) is 3.28. The number of aryl methyl sites for hydroxylation is 1. The fraction of sp³-hybridized carbons (Fsp3) is 0.300. The monoisotopic (exact) mass is 373 g/mol. The van der Waals surface area contributed by atoms with Gasteiger partial charge in [-0.05, 0) is 37.0 Å². The van der Waals surface area contributed by atoms with Crippen molar-refractivity contribution in [2.24, 2.45) is 5.73 Å². The summed E-state index contributed by atoms with van der Waals surface area (Å²) in [5.74, 6) is 0.548. The van der Waals surface area contributed by atoms with Crippen molar-refractivity contribution < 1.29 is 4.74 Å². The highest BCUT2D eigenvalue weighted by Gasteiger charge is 2.39. The first kappa shape index (κ1) is 16.6. The molecular weight excluding hydrogens is 354 g/mol. The fourth-order valence-corrected chi connectivity index (χ4v) is 3.76. The third kappa shape index (κ3) is 2.47. The number of hydrogen-bond donors (Lipinski definition) is 1. The van der Waals surface area contributed by atoms with Crippen molar-refractivity contribution in [1.29, 1.82) is 5.26 Å². The molecule has 2 aliphatic rings. The van der Waals surface area contributed by atoms with Gasteiger partial charge in [0.05, 0.1) is 41.3 Å². The zero-order valence-corrected chi connectivity index (χ0v) is 15.4. The summed E-state index contributed by atoms with van der Waals surface area (Å²) in [7, 11) is 0. The van der Waals surface area contributed by atoms with Crippen molar-refractivity contribution in [3.63, 3.8) is 0 Å². The summed E-state index contributed by atoms with van der Waals surface area (Å²) in [5, 5.41) is 22.4. The van der Waals surface area contributed by atoms with Gasteiger partial charge in [0.15, 0.2) is 0 Å². The summed E-state index contributed by atoms with van der Waals surface area (Å²) < 4.78 is 9.54. The van der Waals surface area contributed by atoms with Crippen LogP contribution in [0.1, 0.15) is 48.5 Å². The zero-order chi connectivity index (χ0) is 19.3. The first-order valence-corrected chi connectivity index (χ1v) is 9.36. The number of nitrogens with zero attached hydrogens (tertiary/aromatic N) is 6. The third-order valence-electron chi connectivity index (χ3n) is 5.29. The Labute approximate surface area is 161 Å². The van der Waals surface area contributed by atoms with E-state index in [1.165, 1.54) is 0 Å². The summed E-state index contributed by atoms with van der Waals surface area (Å²) in [4.78, 5) is 0. The standard InChI is InChI=1S/C20H19N7O/c1-2-16-18-17(12-3-5-13(6-4-12)26-10-9-23-25-26)15(11-21)19(22)28-20(18)27(24-16)14-7-8-14/h3-6,9-10,14,17H,2,7-8,22H2,1H3. The van der Waals surface area contributed by atoms with E-state index in [1.807, 2.05) is 28.9 Å². The Bertz CT molecular complexity index is 1100. The van der Waals surface area contributed by atoms with Crippen LogP contribution >= 0.6 is 0 Å². The van der Waals surface area contributed by atoms with E-state index < -0.39 is 0 Å². The molecule has 0 spiro atoms. The van der Waals surface area contributed by atoms with Crippen LogP contribution in [-0.4, -0.2) is 24.8 Å². The van der Waals surface area contributed by atoms with Gasteiger partial charge in [0.2, 0.25) is 11.8 Å². The molecular formula is C20H19N7O. The van der Waals surface area contributed by atoms with Gasteiger partial charge in [-0.15, -0.1) is 5.10 Å². The van der Waals surface area contributed by atoms with Gasteiger partial charge in [0.1, 0.15) is 11.6 Å². The molecule has 3 aromatic rings. The molecule has 0 radical (unpaired) electrons. The second-order valence-corrected chi connectivity index (χ2v) is 7.06. The number of ether oxygens (including phenoxy) is 1. The molecule has 2 aromatic heterocycles. The van der Waals surface area contributed by atoms with E-state index in [0.29, 0.717) is 17.5 Å². The molecule has 1 aromatic carbocycles. The number of hydrogen-bond acceptors (Lipinski definition) is 6. The number of allylic oxidation sites excluding steroid dienone is 1. The summed E-state index contributed by atoms with van der Waals surface area (Å²) in [6.07, 6.45) is 6.36. The van der Waals surface area contributed by atoms with E-state index in [2.05, 4.69) is 23.3 Å². The van der Waals surface area contributed by atoms with E-state index in [9.17, 15) is 5.26 Å². The summed E-state index contributed by atoms with van der Waals surface area (Å²) in [6.45, 7) is 2.07. The SMILES string of the molecule is CCc1nn(C2CC2)c2c1C(c1ccc(-n3ccnn3)cc1)C(C#N)=C(N)O2. The van der Waals surface area contributed by atoms with Gasteiger partial charge in [-0.1, -0.05) is 24.3 Å². The maximum Gasteiger partial charge on any atom is 0.224 e. The molecule has 1 atom stereocenters. The quantitative estimate of drug-likeness (QED) is 0.753. The Hall–Kier alpha value is -3.60. The van der Waals surface area contributed by atoms with Gasteiger partial charge < -0.3 is 10.5 Å². The molecule has 8 heteroatoms. The smallest absolute Gasteiger partial charge is 0.224 e. The lowest BCUT2D eigenvalue weighted by atomic mass is 9.83. The second kappa shape index (κ2) is 6.23. The normalized spacial score (nSPS) is 18.5. The predicted molar refractivity (Wildman–Crippen MR) is 101 cm³/mol. The molecule has 1 saturated carbocycles. The number of rotatable bonds is 4. The molecule has 1 fully saturated rings. The minimum absolute atomic E-state index is 0.157. The lowest BCUT2D eigenvalue weighted by molar-refractivity contribution is 0.347. The molecule has 0 bridgehead atoms. The summed E-state index contributed by atoms with van der Waals surface area (Å²) >= 11 is 0. The van der Waals surface area contributed by atoms with Gasteiger partial charge in [0.25, 0.3) is 0 Å². The third-order valence-corrected chi connectivity index (χ3v) is 5.29. The van der Waals surface area contributed by atoms with Gasteiger partial charge in [-0.3, -0.25) is 0 Å². The molecule has 0 saturated heterocycles. The lowest BCUT2D eigenvalue weighted by Crippen LogP contribution is -2.22. The van der Waals surface area contributed by atoms with Crippen molar-refractivity contribution in [3.05, 3.63) is 64.9 Å². The number of aromatic nitrogens is 5. The first-order chi connectivity index (χ1) is 13.7. The summed E-state index contributed by atoms with van der Waals surface area (Å²) in [6, 6.07) is 10.5. The van der Waals surface area contributed by atoms with Crippen LogP contribution < -0.4 is 10.5 Å². The van der Waals surface area contributed by atoms with E-state index in [0.717, 1.165) is 41.8 Å². The molecule has 3 heterocycles. The van der Waals surface area contributed by atoms with E-state index in [1.54, 1.807) is 17.1 Å². The van der Waals surface area contributed by atoms with Crippen LogP contribution in [0.5, 0.6) is 5.88 Å². The van der Waals surface area contributed by atoms with Crippen LogP contribution in [0.25, 0.3) is 5.69 Å². The Morgan fingerprint density at radius 3 is 2.68 bits per heavy atom. The van der Waals surface area contributed by atoms with Gasteiger partial charge in [-0.2, -0.15) is 10.4 Å². The predicted octanol–water partition coefficient (Wildman–Crippen LogP) is 2.58. The fourth-order valence-electron chi connectivity index (χ4n) is 3.76. The Kier molecular flexibility index (Phi) is 3.69. The molecule has 1 aliphatic carbocycles. The van der Waals surface area contributed by atoms with Crippen molar-refractivity contribution in [3.8, 4) is 17.6 Å². The van der Waals surface area contributed by atoms with Crippen LogP contribution in [-0.2, 0) is 6.42 Å². The van der Waals surface area contributed by atoms with Gasteiger partial charge in [-0.25, -0.2) is 9.36 Å².